The molecule has 7 nitrogen and oxygen atoms in total. The quantitative estimate of drug-likeness (QED) is 0.885. The van der Waals surface area contributed by atoms with Crippen LogP contribution in [0.15, 0.2) is 23.1 Å². The molecular weight excluding hydrogens is 280 g/mol. The van der Waals surface area contributed by atoms with Crippen molar-refractivity contribution in [3.63, 3.8) is 0 Å². The molecule has 1 amide bonds. The Bertz CT molecular complexity index is 665. The van der Waals surface area contributed by atoms with Crippen LogP contribution in [0.25, 0.3) is 0 Å². The summed E-state index contributed by atoms with van der Waals surface area (Å²) < 4.78 is 6.19. The Kier molecular flexibility index (Phi) is 4.46. The van der Waals surface area contributed by atoms with Gasteiger partial charge >= 0.3 is 0 Å². The zero-order valence-electron chi connectivity index (χ0n) is 11.1. The molecule has 0 radical (unpaired) electrons. The van der Waals surface area contributed by atoms with Gasteiger partial charge in [-0.3, -0.25) is 14.9 Å². The fraction of sp³-hybridized carbons (Fsp3) is 0.333. The molecule has 0 saturated heterocycles. The summed E-state index contributed by atoms with van der Waals surface area (Å²) in [6.45, 7) is 1.86. The van der Waals surface area contributed by atoms with Crippen molar-refractivity contribution >= 4 is 22.4 Å². The summed E-state index contributed by atoms with van der Waals surface area (Å²) >= 11 is 1.32. The Balaban J connectivity index is 2.06. The molecule has 106 valence electrons. The van der Waals surface area contributed by atoms with Gasteiger partial charge in [0.25, 0.3) is 5.56 Å². The molecule has 0 spiro atoms. The molecule has 0 unspecified atom stereocenters. The molecule has 0 atom stereocenters. The third kappa shape index (κ3) is 3.21. The first-order valence-corrected chi connectivity index (χ1v) is 6.81. The van der Waals surface area contributed by atoms with Crippen LogP contribution in [0.1, 0.15) is 11.9 Å². The SMILES string of the molecule is CCc1nnc(NC(=O)Cn2cccc(OC)c2=O)s1. The number of ether oxygens (including phenoxy) is 1. The van der Waals surface area contributed by atoms with Crippen molar-refractivity contribution in [1.29, 1.82) is 0 Å². The predicted octanol–water partition coefficient (Wildman–Crippen LogP) is 0.910. The van der Waals surface area contributed by atoms with Crippen molar-refractivity contribution in [2.24, 2.45) is 0 Å². The lowest BCUT2D eigenvalue weighted by Crippen LogP contribution is -2.27. The van der Waals surface area contributed by atoms with Crippen molar-refractivity contribution in [1.82, 2.24) is 14.8 Å². The van der Waals surface area contributed by atoms with Gasteiger partial charge in [-0.15, -0.1) is 10.2 Å². The Hall–Kier alpha value is -2.22. The molecule has 2 aromatic rings. The Morgan fingerprint density at radius 3 is 2.95 bits per heavy atom. The van der Waals surface area contributed by atoms with Crippen molar-refractivity contribution < 1.29 is 9.53 Å². The fourth-order valence-corrected chi connectivity index (χ4v) is 2.25. The number of hydrogen-bond donors (Lipinski definition) is 1. The lowest BCUT2D eigenvalue weighted by atomic mass is 10.4. The van der Waals surface area contributed by atoms with E-state index in [1.165, 1.54) is 29.2 Å². The minimum Gasteiger partial charge on any atom is -0.491 e. The number of hydrogen-bond acceptors (Lipinski definition) is 6. The molecule has 1 N–H and O–H groups in total. The van der Waals surface area contributed by atoms with E-state index >= 15 is 0 Å². The number of aromatic nitrogens is 3. The highest BCUT2D eigenvalue weighted by molar-refractivity contribution is 7.15. The molecule has 2 heterocycles. The molecular formula is C12H14N4O3S. The number of nitrogens with zero attached hydrogens (tertiary/aromatic N) is 3. The minimum absolute atomic E-state index is 0.100. The number of aryl methyl sites for hydroxylation is 1. The molecule has 20 heavy (non-hydrogen) atoms. The summed E-state index contributed by atoms with van der Waals surface area (Å²) in [6.07, 6.45) is 2.30. The second kappa shape index (κ2) is 6.29. The van der Waals surface area contributed by atoms with Crippen molar-refractivity contribution in [3.05, 3.63) is 33.7 Å². The van der Waals surface area contributed by atoms with Crippen molar-refractivity contribution in [3.8, 4) is 5.75 Å². The van der Waals surface area contributed by atoms with Crippen LogP contribution in [0, 0.1) is 0 Å². The van der Waals surface area contributed by atoms with E-state index in [4.69, 9.17) is 4.74 Å². The van der Waals surface area contributed by atoms with Crippen LogP contribution >= 0.6 is 11.3 Å². The lowest BCUT2D eigenvalue weighted by Gasteiger charge is -2.06. The molecule has 0 fully saturated rings. The van der Waals surface area contributed by atoms with E-state index in [9.17, 15) is 9.59 Å². The molecule has 0 saturated carbocycles. The average Bonchev–Trinajstić information content (AvgIpc) is 2.88. The summed E-state index contributed by atoms with van der Waals surface area (Å²) in [5.74, 6) is -0.136. The van der Waals surface area contributed by atoms with Gasteiger partial charge in [0.2, 0.25) is 11.0 Å². The summed E-state index contributed by atoms with van der Waals surface area (Å²) in [5, 5.41) is 11.6. The number of anilines is 1. The largest absolute Gasteiger partial charge is 0.491 e. The van der Waals surface area contributed by atoms with Gasteiger partial charge in [0.05, 0.1) is 7.11 Å². The second-order valence-corrected chi connectivity index (χ2v) is 4.97. The number of rotatable bonds is 5. The predicted molar refractivity (Wildman–Crippen MR) is 75.2 cm³/mol. The first-order chi connectivity index (χ1) is 9.63. The topological polar surface area (TPSA) is 86.1 Å². The van der Waals surface area contributed by atoms with Crippen LogP contribution in [-0.2, 0) is 17.8 Å². The minimum atomic E-state index is -0.350. The van der Waals surface area contributed by atoms with Crippen LogP contribution in [0.2, 0.25) is 0 Å². The van der Waals surface area contributed by atoms with Crippen LogP contribution in [0.5, 0.6) is 5.75 Å². The van der Waals surface area contributed by atoms with Gasteiger partial charge in [-0.25, -0.2) is 0 Å². The number of methoxy groups -OCH3 is 1. The number of carbonyl (C=O) groups is 1. The molecule has 2 aromatic heterocycles. The fourth-order valence-electron chi connectivity index (χ4n) is 1.56. The van der Waals surface area contributed by atoms with Crippen LogP contribution in [-0.4, -0.2) is 27.8 Å². The molecule has 2 rings (SSSR count). The van der Waals surface area contributed by atoms with Gasteiger partial charge in [-0.05, 0) is 18.6 Å². The monoisotopic (exact) mass is 294 g/mol. The third-order valence-electron chi connectivity index (χ3n) is 2.53. The van der Waals surface area contributed by atoms with Gasteiger partial charge in [0, 0.05) is 6.20 Å². The molecule has 0 bridgehead atoms. The summed E-state index contributed by atoms with van der Waals surface area (Å²) in [5.41, 5.74) is -0.350. The first-order valence-electron chi connectivity index (χ1n) is 5.99. The van der Waals surface area contributed by atoms with E-state index < -0.39 is 0 Å². The van der Waals surface area contributed by atoms with E-state index in [0.29, 0.717) is 5.13 Å². The van der Waals surface area contributed by atoms with E-state index in [-0.39, 0.29) is 23.8 Å². The number of pyridine rings is 1. The van der Waals surface area contributed by atoms with Crippen LogP contribution in [0.3, 0.4) is 0 Å². The van der Waals surface area contributed by atoms with Gasteiger partial charge in [0.1, 0.15) is 11.6 Å². The van der Waals surface area contributed by atoms with E-state index in [1.807, 2.05) is 6.92 Å². The van der Waals surface area contributed by atoms with Crippen molar-refractivity contribution in [2.45, 2.75) is 19.9 Å². The number of amides is 1. The van der Waals surface area contributed by atoms with E-state index in [2.05, 4.69) is 15.5 Å². The highest BCUT2D eigenvalue weighted by Crippen LogP contribution is 2.15. The molecule has 0 aliphatic heterocycles. The summed E-state index contributed by atoms with van der Waals surface area (Å²) in [4.78, 5) is 23.7. The Labute approximate surface area is 119 Å². The molecule has 0 aliphatic carbocycles. The average molecular weight is 294 g/mol. The maximum atomic E-state index is 11.9. The van der Waals surface area contributed by atoms with Gasteiger partial charge in [-0.2, -0.15) is 0 Å². The standard InChI is InChI=1S/C12H14N4O3S/c1-3-10-14-15-12(20-10)13-9(17)7-16-6-4-5-8(19-2)11(16)18/h4-6H,3,7H2,1-2H3,(H,13,15,17). The van der Waals surface area contributed by atoms with Crippen molar-refractivity contribution in [2.75, 3.05) is 12.4 Å². The number of carbonyl (C=O) groups excluding carboxylic acids is 1. The Morgan fingerprint density at radius 1 is 1.50 bits per heavy atom. The first kappa shape index (κ1) is 14.2. The third-order valence-corrected chi connectivity index (χ3v) is 3.52. The molecule has 0 aliphatic rings. The molecule has 8 heteroatoms. The zero-order valence-corrected chi connectivity index (χ0v) is 11.9. The maximum absolute atomic E-state index is 11.9. The smallest absolute Gasteiger partial charge is 0.293 e. The van der Waals surface area contributed by atoms with E-state index in [1.54, 1.807) is 12.1 Å². The maximum Gasteiger partial charge on any atom is 0.293 e. The summed E-state index contributed by atoms with van der Waals surface area (Å²) in [7, 11) is 1.41. The summed E-state index contributed by atoms with van der Waals surface area (Å²) in [6, 6.07) is 3.20. The Morgan fingerprint density at radius 2 is 2.30 bits per heavy atom. The van der Waals surface area contributed by atoms with Crippen LogP contribution in [0.4, 0.5) is 5.13 Å². The number of nitrogens with one attached hydrogen (secondary N) is 1. The normalized spacial score (nSPS) is 10.3. The second-order valence-electron chi connectivity index (χ2n) is 3.91. The highest BCUT2D eigenvalue weighted by atomic mass is 32.1. The van der Waals surface area contributed by atoms with Gasteiger partial charge < -0.3 is 9.30 Å². The highest BCUT2D eigenvalue weighted by Gasteiger charge is 2.10. The van der Waals surface area contributed by atoms with Gasteiger partial charge in [-0.1, -0.05) is 18.3 Å². The molecule has 0 aromatic carbocycles. The zero-order chi connectivity index (χ0) is 14.5. The lowest BCUT2D eigenvalue weighted by molar-refractivity contribution is -0.116. The van der Waals surface area contributed by atoms with Crippen LogP contribution < -0.4 is 15.6 Å². The van der Waals surface area contributed by atoms with E-state index in [0.717, 1.165) is 11.4 Å². The van der Waals surface area contributed by atoms with Gasteiger partial charge in [0.15, 0.2) is 5.75 Å².